The van der Waals surface area contributed by atoms with Crippen LogP contribution >= 0.6 is 0 Å². The van der Waals surface area contributed by atoms with Gasteiger partial charge in [0.15, 0.2) is 0 Å². The predicted octanol–water partition coefficient (Wildman–Crippen LogP) is 1.84. The molecule has 0 bridgehead atoms. The fourth-order valence-corrected chi connectivity index (χ4v) is 2.30. The van der Waals surface area contributed by atoms with E-state index in [0.717, 1.165) is 19.4 Å². The van der Waals surface area contributed by atoms with Crippen LogP contribution in [0.25, 0.3) is 0 Å². The maximum absolute atomic E-state index is 12.7. The summed E-state index contributed by atoms with van der Waals surface area (Å²) in [5.74, 6) is -0.172. The van der Waals surface area contributed by atoms with E-state index in [-0.39, 0.29) is 5.82 Å². The summed E-state index contributed by atoms with van der Waals surface area (Å²) >= 11 is 0. The molecule has 0 radical (unpaired) electrons. The Balaban J connectivity index is 1.73. The van der Waals surface area contributed by atoms with Gasteiger partial charge in [-0.05, 0) is 43.5 Å². The van der Waals surface area contributed by atoms with Gasteiger partial charge in [-0.1, -0.05) is 18.6 Å². The molecule has 1 fully saturated rings. The van der Waals surface area contributed by atoms with E-state index in [9.17, 15) is 4.39 Å². The van der Waals surface area contributed by atoms with Gasteiger partial charge >= 0.3 is 0 Å². The first-order valence-electron chi connectivity index (χ1n) is 5.99. The molecular formula is C13H19FN2. The highest BCUT2D eigenvalue weighted by Gasteiger charge is 2.22. The fraction of sp³-hybridized carbons (Fsp3) is 0.538. The van der Waals surface area contributed by atoms with Crippen LogP contribution in [0, 0.1) is 5.82 Å². The van der Waals surface area contributed by atoms with E-state index in [0.29, 0.717) is 12.1 Å². The molecular weight excluding hydrogens is 203 g/mol. The van der Waals surface area contributed by atoms with Crippen molar-refractivity contribution in [3.8, 4) is 0 Å². The average molecular weight is 222 g/mol. The summed E-state index contributed by atoms with van der Waals surface area (Å²) in [6, 6.07) is 7.48. The van der Waals surface area contributed by atoms with Crippen LogP contribution in [-0.2, 0) is 6.42 Å². The van der Waals surface area contributed by atoms with Crippen molar-refractivity contribution in [1.29, 1.82) is 0 Å². The lowest BCUT2D eigenvalue weighted by atomic mass is 10.1. The van der Waals surface area contributed by atoms with Crippen LogP contribution in [0.1, 0.15) is 24.8 Å². The van der Waals surface area contributed by atoms with E-state index in [1.807, 2.05) is 12.1 Å². The monoisotopic (exact) mass is 222 g/mol. The molecule has 2 unspecified atom stereocenters. The van der Waals surface area contributed by atoms with Crippen molar-refractivity contribution in [2.75, 3.05) is 6.54 Å². The molecule has 0 aromatic heterocycles. The van der Waals surface area contributed by atoms with Crippen molar-refractivity contribution in [3.63, 3.8) is 0 Å². The number of nitrogens with one attached hydrogen (secondary N) is 1. The Morgan fingerprint density at radius 1 is 1.25 bits per heavy atom. The Kier molecular flexibility index (Phi) is 3.91. The Morgan fingerprint density at radius 2 is 2.00 bits per heavy atom. The molecule has 0 amide bonds. The lowest BCUT2D eigenvalue weighted by Crippen LogP contribution is -2.41. The van der Waals surface area contributed by atoms with Gasteiger partial charge in [0.2, 0.25) is 0 Å². The molecule has 0 aliphatic heterocycles. The quantitative estimate of drug-likeness (QED) is 0.815. The van der Waals surface area contributed by atoms with Gasteiger partial charge in [-0.15, -0.1) is 0 Å². The third kappa shape index (κ3) is 3.03. The average Bonchev–Trinajstić information content (AvgIpc) is 2.68. The first kappa shape index (κ1) is 11.6. The molecule has 1 saturated carbocycles. The number of halogens is 1. The largest absolute Gasteiger partial charge is 0.326 e. The first-order chi connectivity index (χ1) is 7.75. The number of benzene rings is 1. The molecule has 2 nitrogen and oxygen atoms in total. The van der Waals surface area contributed by atoms with Crippen molar-refractivity contribution in [1.82, 2.24) is 5.32 Å². The number of nitrogens with two attached hydrogens (primary N) is 1. The highest BCUT2D eigenvalue weighted by molar-refractivity contribution is 5.16. The molecule has 0 saturated heterocycles. The second-order valence-corrected chi connectivity index (χ2v) is 4.53. The summed E-state index contributed by atoms with van der Waals surface area (Å²) in [5.41, 5.74) is 7.13. The van der Waals surface area contributed by atoms with E-state index in [4.69, 9.17) is 5.73 Å². The molecule has 3 N–H and O–H groups in total. The predicted molar refractivity (Wildman–Crippen MR) is 63.7 cm³/mol. The second kappa shape index (κ2) is 5.41. The van der Waals surface area contributed by atoms with Crippen LogP contribution in [0.2, 0.25) is 0 Å². The summed E-state index contributed by atoms with van der Waals surface area (Å²) in [5, 5.41) is 3.48. The van der Waals surface area contributed by atoms with E-state index in [1.165, 1.54) is 30.5 Å². The van der Waals surface area contributed by atoms with Crippen LogP contribution < -0.4 is 11.1 Å². The molecule has 2 rings (SSSR count). The highest BCUT2D eigenvalue weighted by Crippen LogP contribution is 2.16. The number of hydrogen-bond acceptors (Lipinski definition) is 2. The number of hydrogen-bond donors (Lipinski definition) is 2. The molecule has 1 aromatic rings. The van der Waals surface area contributed by atoms with Gasteiger partial charge in [-0.25, -0.2) is 4.39 Å². The van der Waals surface area contributed by atoms with Gasteiger partial charge < -0.3 is 11.1 Å². The van der Waals surface area contributed by atoms with Gasteiger partial charge in [0.25, 0.3) is 0 Å². The molecule has 3 heteroatoms. The van der Waals surface area contributed by atoms with Gasteiger partial charge in [0.1, 0.15) is 5.82 Å². The molecule has 1 aliphatic carbocycles. The first-order valence-corrected chi connectivity index (χ1v) is 5.99. The normalized spacial score (nSPS) is 24.9. The van der Waals surface area contributed by atoms with E-state index in [1.54, 1.807) is 0 Å². The molecule has 2 atom stereocenters. The van der Waals surface area contributed by atoms with Crippen molar-refractivity contribution in [2.24, 2.45) is 5.73 Å². The van der Waals surface area contributed by atoms with E-state index >= 15 is 0 Å². The Bertz CT molecular complexity index is 323. The molecule has 1 aromatic carbocycles. The topological polar surface area (TPSA) is 38.0 Å². The standard InChI is InChI=1S/C13H19FN2/c14-11-6-4-10(5-7-11)8-9-16-13-3-1-2-12(13)15/h4-7,12-13,16H,1-3,8-9,15H2. The van der Waals surface area contributed by atoms with Crippen LogP contribution in [0.4, 0.5) is 4.39 Å². The van der Waals surface area contributed by atoms with Crippen LogP contribution in [0.15, 0.2) is 24.3 Å². The van der Waals surface area contributed by atoms with Crippen LogP contribution in [0.3, 0.4) is 0 Å². The zero-order valence-electron chi connectivity index (χ0n) is 9.45. The summed E-state index contributed by atoms with van der Waals surface area (Å²) in [6.07, 6.45) is 4.48. The Hall–Kier alpha value is -0.930. The zero-order chi connectivity index (χ0) is 11.4. The van der Waals surface area contributed by atoms with Crippen molar-refractivity contribution < 1.29 is 4.39 Å². The van der Waals surface area contributed by atoms with Crippen molar-refractivity contribution >= 4 is 0 Å². The minimum atomic E-state index is -0.172. The van der Waals surface area contributed by atoms with Crippen LogP contribution in [0.5, 0.6) is 0 Å². The van der Waals surface area contributed by atoms with Gasteiger partial charge in [0, 0.05) is 12.1 Å². The minimum Gasteiger partial charge on any atom is -0.326 e. The van der Waals surface area contributed by atoms with Gasteiger partial charge in [0.05, 0.1) is 0 Å². The van der Waals surface area contributed by atoms with Crippen molar-refractivity contribution in [2.45, 2.75) is 37.8 Å². The van der Waals surface area contributed by atoms with Gasteiger partial charge in [-0.3, -0.25) is 0 Å². The highest BCUT2D eigenvalue weighted by atomic mass is 19.1. The Labute approximate surface area is 96.0 Å². The second-order valence-electron chi connectivity index (χ2n) is 4.53. The SMILES string of the molecule is NC1CCCC1NCCc1ccc(F)cc1. The fourth-order valence-electron chi connectivity index (χ4n) is 2.30. The van der Waals surface area contributed by atoms with Crippen LogP contribution in [-0.4, -0.2) is 18.6 Å². The molecule has 0 heterocycles. The van der Waals surface area contributed by atoms with E-state index < -0.39 is 0 Å². The zero-order valence-corrected chi connectivity index (χ0v) is 9.45. The third-order valence-electron chi connectivity index (χ3n) is 3.30. The van der Waals surface area contributed by atoms with Crippen molar-refractivity contribution in [3.05, 3.63) is 35.6 Å². The third-order valence-corrected chi connectivity index (χ3v) is 3.30. The summed E-state index contributed by atoms with van der Waals surface area (Å²) < 4.78 is 12.7. The number of rotatable bonds is 4. The summed E-state index contributed by atoms with van der Waals surface area (Å²) in [7, 11) is 0. The summed E-state index contributed by atoms with van der Waals surface area (Å²) in [4.78, 5) is 0. The molecule has 0 spiro atoms. The molecule has 1 aliphatic rings. The maximum atomic E-state index is 12.7. The van der Waals surface area contributed by atoms with E-state index in [2.05, 4.69) is 5.32 Å². The minimum absolute atomic E-state index is 0.172. The lowest BCUT2D eigenvalue weighted by Gasteiger charge is -2.17. The smallest absolute Gasteiger partial charge is 0.123 e. The Morgan fingerprint density at radius 3 is 2.62 bits per heavy atom. The summed E-state index contributed by atoms with van der Waals surface area (Å²) in [6.45, 7) is 0.921. The maximum Gasteiger partial charge on any atom is 0.123 e. The molecule has 16 heavy (non-hydrogen) atoms. The lowest BCUT2D eigenvalue weighted by molar-refractivity contribution is 0.479. The van der Waals surface area contributed by atoms with Gasteiger partial charge in [-0.2, -0.15) is 0 Å². The molecule has 88 valence electrons.